The molecule has 0 spiro atoms. The summed E-state index contributed by atoms with van der Waals surface area (Å²) in [5, 5.41) is 27.3. The van der Waals surface area contributed by atoms with Crippen LogP contribution in [0.2, 0.25) is 0 Å². The predicted octanol–water partition coefficient (Wildman–Crippen LogP) is 2.45. The monoisotopic (exact) mass is 333 g/mol. The molecule has 1 aromatic rings. The van der Waals surface area contributed by atoms with Crippen molar-refractivity contribution in [2.75, 3.05) is 11.9 Å². The molecule has 2 aliphatic rings. The quantitative estimate of drug-likeness (QED) is 0.525. The lowest BCUT2D eigenvalue weighted by Gasteiger charge is -2.18. The molecule has 1 unspecified atom stereocenters. The van der Waals surface area contributed by atoms with Gasteiger partial charge in [0.2, 0.25) is 0 Å². The van der Waals surface area contributed by atoms with Gasteiger partial charge in [0.25, 0.3) is 11.6 Å². The molecule has 2 aliphatic carbocycles. The third kappa shape index (κ3) is 4.03. The molecule has 0 saturated heterocycles. The van der Waals surface area contributed by atoms with E-state index in [-0.39, 0.29) is 35.7 Å². The predicted molar refractivity (Wildman–Crippen MR) is 90.0 cm³/mol. The van der Waals surface area contributed by atoms with Gasteiger partial charge in [0, 0.05) is 24.2 Å². The number of hydrogen-bond acceptors (Lipinski definition) is 5. The number of anilines is 1. The van der Waals surface area contributed by atoms with Crippen LogP contribution in [0.4, 0.5) is 11.4 Å². The maximum atomic E-state index is 12.0. The normalized spacial score (nSPS) is 19.0. The van der Waals surface area contributed by atoms with E-state index in [0.717, 1.165) is 38.5 Å². The van der Waals surface area contributed by atoms with E-state index in [1.54, 1.807) is 12.1 Å². The Morgan fingerprint density at radius 1 is 1.29 bits per heavy atom. The summed E-state index contributed by atoms with van der Waals surface area (Å²) < 4.78 is 0. The standard InChI is InChI=1S/C17H23N3O4/c21-16(11-3-1-2-4-11)10-18-14-8-5-12(9-15(14)20(23)24)17(22)19-13-6-7-13/h5,8-9,11,13,16,18,21H,1-4,6-7,10H2,(H,19,22). The Kier molecular flexibility index (Phi) is 4.99. The van der Waals surface area contributed by atoms with Crippen molar-refractivity contribution in [2.24, 2.45) is 5.92 Å². The minimum absolute atomic E-state index is 0.142. The van der Waals surface area contributed by atoms with E-state index in [1.807, 2.05) is 0 Å². The van der Waals surface area contributed by atoms with E-state index >= 15 is 0 Å². The summed E-state index contributed by atoms with van der Waals surface area (Å²) in [6, 6.07) is 4.62. The number of carbonyl (C=O) groups excluding carboxylic acids is 1. The van der Waals surface area contributed by atoms with Gasteiger partial charge in [0.1, 0.15) is 5.69 Å². The lowest BCUT2D eigenvalue weighted by Crippen LogP contribution is -2.27. The van der Waals surface area contributed by atoms with Crippen molar-refractivity contribution in [1.82, 2.24) is 5.32 Å². The van der Waals surface area contributed by atoms with Crippen LogP contribution in [-0.4, -0.2) is 34.6 Å². The van der Waals surface area contributed by atoms with Crippen LogP contribution in [0.5, 0.6) is 0 Å². The molecule has 0 aliphatic heterocycles. The number of nitrogens with one attached hydrogen (secondary N) is 2. The Hall–Kier alpha value is -2.15. The molecule has 3 N–H and O–H groups in total. The molecule has 130 valence electrons. The first-order chi connectivity index (χ1) is 11.5. The first-order valence-corrected chi connectivity index (χ1v) is 8.56. The average molecular weight is 333 g/mol. The summed E-state index contributed by atoms with van der Waals surface area (Å²) in [5.74, 6) is -0.0155. The highest BCUT2D eigenvalue weighted by molar-refractivity contribution is 5.96. The summed E-state index contributed by atoms with van der Waals surface area (Å²) in [6.45, 7) is 0.277. The van der Waals surface area contributed by atoms with Crippen molar-refractivity contribution in [2.45, 2.75) is 50.7 Å². The number of nitro groups is 1. The minimum atomic E-state index is -0.509. The van der Waals surface area contributed by atoms with Gasteiger partial charge in [-0.3, -0.25) is 14.9 Å². The van der Waals surface area contributed by atoms with E-state index in [1.165, 1.54) is 6.07 Å². The summed E-state index contributed by atoms with van der Waals surface area (Å²) in [7, 11) is 0. The summed E-state index contributed by atoms with van der Waals surface area (Å²) in [4.78, 5) is 22.8. The van der Waals surface area contributed by atoms with E-state index < -0.39 is 11.0 Å². The number of aliphatic hydroxyl groups is 1. The van der Waals surface area contributed by atoms with Gasteiger partial charge in [-0.25, -0.2) is 0 Å². The SMILES string of the molecule is O=C(NC1CC1)c1ccc(NCC(O)C2CCCC2)c([N+](=O)[O-])c1. The van der Waals surface area contributed by atoms with Crippen LogP contribution in [-0.2, 0) is 0 Å². The highest BCUT2D eigenvalue weighted by atomic mass is 16.6. The van der Waals surface area contributed by atoms with Crippen LogP contribution in [0.25, 0.3) is 0 Å². The third-order valence-electron chi connectivity index (χ3n) is 4.81. The Labute approximate surface area is 140 Å². The first kappa shape index (κ1) is 16.7. The van der Waals surface area contributed by atoms with Gasteiger partial charge >= 0.3 is 0 Å². The van der Waals surface area contributed by atoms with E-state index in [0.29, 0.717) is 5.69 Å². The molecular weight excluding hydrogens is 310 g/mol. The molecule has 1 amide bonds. The second-order valence-electron chi connectivity index (χ2n) is 6.73. The number of nitrogens with zero attached hydrogens (tertiary/aromatic N) is 1. The second kappa shape index (κ2) is 7.17. The topological polar surface area (TPSA) is 104 Å². The van der Waals surface area contributed by atoms with E-state index in [2.05, 4.69) is 10.6 Å². The van der Waals surface area contributed by atoms with Gasteiger partial charge in [0.15, 0.2) is 0 Å². The molecule has 0 bridgehead atoms. The van der Waals surface area contributed by atoms with Gasteiger partial charge in [0.05, 0.1) is 11.0 Å². The van der Waals surface area contributed by atoms with Crippen LogP contribution < -0.4 is 10.6 Å². The van der Waals surface area contributed by atoms with Crippen molar-refractivity contribution in [3.63, 3.8) is 0 Å². The van der Waals surface area contributed by atoms with Gasteiger partial charge in [-0.05, 0) is 43.7 Å². The van der Waals surface area contributed by atoms with E-state index in [4.69, 9.17) is 0 Å². The Bertz CT molecular complexity index is 624. The molecule has 7 nitrogen and oxygen atoms in total. The van der Waals surface area contributed by atoms with Crippen LogP contribution in [0.3, 0.4) is 0 Å². The van der Waals surface area contributed by atoms with Crippen LogP contribution in [0.15, 0.2) is 18.2 Å². The molecule has 0 radical (unpaired) electrons. The molecule has 3 rings (SSSR count). The fourth-order valence-electron chi connectivity index (χ4n) is 3.19. The summed E-state index contributed by atoms with van der Waals surface area (Å²) >= 11 is 0. The summed E-state index contributed by atoms with van der Waals surface area (Å²) in [6.07, 6.45) is 5.69. The van der Waals surface area contributed by atoms with Crippen LogP contribution in [0.1, 0.15) is 48.9 Å². The molecular formula is C17H23N3O4. The third-order valence-corrected chi connectivity index (χ3v) is 4.81. The van der Waals surface area contributed by atoms with Crippen molar-refractivity contribution < 1.29 is 14.8 Å². The number of benzene rings is 1. The van der Waals surface area contributed by atoms with Gasteiger partial charge in [-0.15, -0.1) is 0 Å². The number of amides is 1. The Morgan fingerprint density at radius 2 is 2.00 bits per heavy atom. The fraction of sp³-hybridized carbons (Fsp3) is 0.588. The zero-order valence-electron chi connectivity index (χ0n) is 13.5. The van der Waals surface area contributed by atoms with Gasteiger partial charge in [-0.2, -0.15) is 0 Å². The molecule has 1 atom stereocenters. The number of rotatable bonds is 7. The zero-order valence-corrected chi connectivity index (χ0v) is 13.5. The number of hydrogen-bond donors (Lipinski definition) is 3. The lowest BCUT2D eigenvalue weighted by atomic mass is 10.0. The maximum Gasteiger partial charge on any atom is 0.293 e. The zero-order chi connectivity index (χ0) is 17.1. The molecule has 7 heteroatoms. The number of aliphatic hydroxyl groups excluding tert-OH is 1. The van der Waals surface area contributed by atoms with Crippen molar-refractivity contribution in [1.29, 1.82) is 0 Å². The highest BCUT2D eigenvalue weighted by Gasteiger charge is 2.26. The molecule has 0 heterocycles. The molecule has 2 fully saturated rings. The minimum Gasteiger partial charge on any atom is -0.391 e. The Morgan fingerprint density at radius 3 is 2.62 bits per heavy atom. The Balaban J connectivity index is 1.67. The number of nitro benzene ring substituents is 1. The van der Waals surface area contributed by atoms with Crippen molar-refractivity contribution in [3.05, 3.63) is 33.9 Å². The first-order valence-electron chi connectivity index (χ1n) is 8.56. The van der Waals surface area contributed by atoms with Crippen LogP contribution in [0, 0.1) is 16.0 Å². The van der Waals surface area contributed by atoms with Gasteiger partial charge in [-0.1, -0.05) is 12.8 Å². The summed E-state index contributed by atoms with van der Waals surface area (Å²) in [5.41, 5.74) is 0.479. The van der Waals surface area contributed by atoms with E-state index in [9.17, 15) is 20.0 Å². The fourth-order valence-corrected chi connectivity index (χ4v) is 3.19. The average Bonchev–Trinajstić information content (AvgIpc) is 3.21. The molecule has 24 heavy (non-hydrogen) atoms. The largest absolute Gasteiger partial charge is 0.391 e. The van der Waals surface area contributed by atoms with Crippen molar-refractivity contribution in [3.8, 4) is 0 Å². The van der Waals surface area contributed by atoms with Crippen LogP contribution >= 0.6 is 0 Å². The molecule has 2 saturated carbocycles. The smallest absolute Gasteiger partial charge is 0.293 e. The van der Waals surface area contributed by atoms with Crippen molar-refractivity contribution >= 4 is 17.3 Å². The van der Waals surface area contributed by atoms with Gasteiger partial charge < -0.3 is 15.7 Å². The maximum absolute atomic E-state index is 12.0. The lowest BCUT2D eigenvalue weighted by molar-refractivity contribution is -0.384. The molecule has 0 aromatic heterocycles. The number of carbonyl (C=O) groups is 1. The highest BCUT2D eigenvalue weighted by Crippen LogP contribution is 2.30. The second-order valence-corrected chi connectivity index (χ2v) is 6.73. The molecule has 1 aromatic carbocycles.